The lowest BCUT2D eigenvalue weighted by Gasteiger charge is -2.31. The fourth-order valence-electron chi connectivity index (χ4n) is 2.96. The second-order valence-electron chi connectivity index (χ2n) is 6.54. The Hall–Kier alpha value is -1.80. The van der Waals surface area contributed by atoms with Crippen molar-refractivity contribution < 1.29 is 17.9 Å². The van der Waals surface area contributed by atoms with Crippen molar-refractivity contribution in [2.24, 2.45) is 5.92 Å². The molecule has 1 amide bonds. The Balaban J connectivity index is 1.50. The van der Waals surface area contributed by atoms with Gasteiger partial charge in [0.1, 0.15) is 10.6 Å². The first-order valence-electron chi connectivity index (χ1n) is 8.81. The second kappa shape index (κ2) is 9.13. The van der Waals surface area contributed by atoms with Crippen molar-refractivity contribution in [3.05, 3.63) is 58.6 Å². The molecule has 2 aromatic carbocycles. The van der Waals surface area contributed by atoms with Gasteiger partial charge in [0.15, 0.2) is 0 Å². The number of amides is 1. The van der Waals surface area contributed by atoms with Crippen molar-refractivity contribution in [3.8, 4) is 5.75 Å². The number of nitrogens with one attached hydrogen (secondary N) is 1. The quantitative estimate of drug-likeness (QED) is 0.752. The molecule has 2 aromatic rings. The molecule has 0 radical (unpaired) electrons. The number of piperidine rings is 1. The molecule has 1 N–H and O–H groups in total. The molecular formula is C19H20Cl2N2O4S. The smallest absolute Gasteiger partial charge is 0.410 e. The molecule has 3 rings (SSSR count). The molecule has 6 nitrogen and oxygen atoms in total. The maximum absolute atomic E-state index is 12.5. The molecule has 0 aromatic heterocycles. The number of hydrogen-bond acceptors (Lipinski definition) is 4. The molecule has 1 fully saturated rings. The van der Waals surface area contributed by atoms with Crippen molar-refractivity contribution in [1.82, 2.24) is 9.62 Å². The molecule has 150 valence electrons. The summed E-state index contributed by atoms with van der Waals surface area (Å²) in [6.45, 7) is 1.29. The normalized spacial score (nSPS) is 15.4. The molecule has 0 spiro atoms. The van der Waals surface area contributed by atoms with Crippen LogP contribution in [0.2, 0.25) is 10.0 Å². The molecule has 0 saturated carbocycles. The molecule has 0 aliphatic carbocycles. The highest BCUT2D eigenvalue weighted by Gasteiger charge is 2.26. The number of carbonyl (C=O) groups excluding carboxylic acids is 1. The van der Waals surface area contributed by atoms with Crippen LogP contribution in [0.4, 0.5) is 4.79 Å². The van der Waals surface area contributed by atoms with Gasteiger partial charge in [0.25, 0.3) is 0 Å². The van der Waals surface area contributed by atoms with Gasteiger partial charge in [-0.3, -0.25) is 0 Å². The number of ether oxygens (including phenoxy) is 1. The van der Waals surface area contributed by atoms with Gasteiger partial charge in [0.05, 0.1) is 5.02 Å². The fourth-order valence-corrected chi connectivity index (χ4v) is 4.84. The van der Waals surface area contributed by atoms with Crippen LogP contribution in [-0.4, -0.2) is 39.0 Å². The lowest BCUT2D eigenvalue weighted by atomic mass is 9.97. The van der Waals surface area contributed by atoms with E-state index in [1.54, 1.807) is 29.2 Å². The summed E-state index contributed by atoms with van der Waals surface area (Å²) in [5.74, 6) is 0.620. The monoisotopic (exact) mass is 442 g/mol. The third-order valence-corrected chi connectivity index (χ3v) is 6.71. The summed E-state index contributed by atoms with van der Waals surface area (Å²) < 4.78 is 32.9. The first kappa shape index (κ1) is 20.9. The highest BCUT2D eigenvalue weighted by molar-refractivity contribution is 7.89. The molecular weight excluding hydrogens is 423 g/mol. The maximum atomic E-state index is 12.5. The van der Waals surface area contributed by atoms with Crippen molar-refractivity contribution in [2.75, 3.05) is 19.6 Å². The average molecular weight is 443 g/mol. The zero-order chi connectivity index (χ0) is 20.1. The summed E-state index contributed by atoms with van der Waals surface area (Å²) in [5.41, 5.74) is 0. The van der Waals surface area contributed by atoms with E-state index in [0.717, 1.165) is 0 Å². The molecule has 1 saturated heterocycles. The Kier molecular flexibility index (Phi) is 6.82. The first-order chi connectivity index (χ1) is 13.3. The second-order valence-corrected chi connectivity index (χ2v) is 9.12. The molecule has 0 bridgehead atoms. The standard InChI is InChI=1S/C19H20Cl2N2O4S/c20-15-6-7-17(21)18(12-15)28(25,26)22-13-14-8-10-23(11-9-14)19(24)27-16-4-2-1-3-5-16/h1-7,12,14,22H,8-11,13H2. The third kappa shape index (κ3) is 5.38. The summed E-state index contributed by atoms with van der Waals surface area (Å²) in [4.78, 5) is 13.8. The van der Waals surface area contributed by atoms with Crippen LogP contribution in [0.5, 0.6) is 5.75 Å². The molecule has 1 aliphatic heterocycles. The van der Waals surface area contributed by atoms with Gasteiger partial charge in [-0.25, -0.2) is 17.9 Å². The van der Waals surface area contributed by atoms with Gasteiger partial charge >= 0.3 is 6.09 Å². The lowest BCUT2D eigenvalue weighted by Crippen LogP contribution is -2.42. The Labute approximate surface area is 174 Å². The minimum absolute atomic E-state index is 0.0365. The van der Waals surface area contributed by atoms with E-state index in [1.165, 1.54) is 18.2 Å². The number of hydrogen-bond donors (Lipinski definition) is 1. The van der Waals surface area contributed by atoms with E-state index in [4.69, 9.17) is 27.9 Å². The van der Waals surface area contributed by atoms with Crippen LogP contribution in [-0.2, 0) is 10.0 Å². The highest BCUT2D eigenvalue weighted by Crippen LogP contribution is 2.25. The Morgan fingerprint density at radius 3 is 2.46 bits per heavy atom. The molecule has 0 atom stereocenters. The van der Waals surface area contributed by atoms with Crippen molar-refractivity contribution >= 4 is 39.3 Å². The van der Waals surface area contributed by atoms with Gasteiger partial charge in [-0.15, -0.1) is 0 Å². The summed E-state index contributed by atoms with van der Waals surface area (Å²) in [5, 5.41) is 0.422. The van der Waals surface area contributed by atoms with Crippen LogP contribution in [0.15, 0.2) is 53.4 Å². The average Bonchev–Trinajstić information content (AvgIpc) is 2.69. The Morgan fingerprint density at radius 1 is 1.11 bits per heavy atom. The number of nitrogens with zero attached hydrogens (tertiary/aromatic N) is 1. The number of sulfonamides is 1. The van der Waals surface area contributed by atoms with Gasteiger partial charge in [-0.05, 0) is 49.1 Å². The highest BCUT2D eigenvalue weighted by atomic mass is 35.5. The van der Waals surface area contributed by atoms with E-state index < -0.39 is 16.1 Å². The van der Waals surface area contributed by atoms with Gasteiger partial charge in [0.2, 0.25) is 10.0 Å². The first-order valence-corrected chi connectivity index (χ1v) is 11.1. The van der Waals surface area contributed by atoms with E-state index in [-0.39, 0.29) is 22.4 Å². The van der Waals surface area contributed by atoms with Crippen LogP contribution < -0.4 is 9.46 Å². The van der Waals surface area contributed by atoms with E-state index >= 15 is 0 Å². The van der Waals surface area contributed by atoms with E-state index in [2.05, 4.69) is 4.72 Å². The third-order valence-electron chi connectivity index (χ3n) is 4.57. The van der Waals surface area contributed by atoms with Crippen molar-refractivity contribution in [3.63, 3.8) is 0 Å². The number of para-hydroxylation sites is 1. The minimum Gasteiger partial charge on any atom is -0.410 e. The SMILES string of the molecule is O=C(Oc1ccccc1)N1CCC(CNS(=O)(=O)c2cc(Cl)ccc2Cl)CC1. The zero-order valence-electron chi connectivity index (χ0n) is 15.0. The molecule has 1 heterocycles. The van der Waals surface area contributed by atoms with Crippen LogP contribution >= 0.6 is 23.2 Å². The van der Waals surface area contributed by atoms with Crippen LogP contribution in [0, 0.1) is 5.92 Å². The van der Waals surface area contributed by atoms with Crippen LogP contribution in [0.3, 0.4) is 0 Å². The number of halogens is 2. The number of carbonyl (C=O) groups is 1. The van der Waals surface area contributed by atoms with Crippen molar-refractivity contribution in [1.29, 1.82) is 0 Å². The molecule has 1 aliphatic rings. The number of benzene rings is 2. The minimum atomic E-state index is -3.76. The number of rotatable bonds is 5. The summed E-state index contributed by atoms with van der Waals surface area (Å²) in [7, 11) is -3.76. The van der Waals surface area contributed by atoms with Crippen molar-refractivity contribution in [2.45, 2.75) is 17.7 Å². The Bertz CT molecular complexity index is 930. The molecule has 28 heavy (non-hydrogen) atoms. The number of likely N-dealkylation sites (tertiary alicyclic amines) is 1. The molecule has 9 heteroatoms. The van der Waals surface area contributed by atoms with Crippen LogP contribution in [0.25, 0.3) is 0 Å². The largest absolute Gasteiger partial charge is 0.415 e. The van der Waals surface area contributed by atoms with Gasteiger partial charge < -0.3 is 9.64 Å². The predicted octanol–water partition coefficient (Wildman–Crippen LogP) is 4.18. The zero-order valence-corrected chi connectivity index (χ0v) is 17.3. The van der Waals surface area contributed by atoms with E-state index in [0.29, 0.717) is 36.7 Å². The summed E-state index contributed by atoms with van der Waals surface area (Å²) >= 11 is 11.9. The van der Waals surface area contributed by atoms with E-state index in [1.807, 2.05) is 6.07 Å². The topological polar surface area (TPSA) is 75.7 Å². The Morgan fingerprint density at radius 2 is 1.79 bits per heavy atom. The van der Waals surface area contributed by atoms with Gasteiger partial charge in [-0.2, -0.15) is 0 Å². The summed E-state index contributed by atoms with van der Waals surface area (Å²) in [6, 6.07) is 13.2. The lowest BCUT2D eigenvalue weighted by molar-refractivity contribution is 0.131. The van der Waals surface area contributed by atoms with Gasteiger partial charge in [0, 0.05) is 24.7 Å². The fraction of sp³-hybridized carbons (Fsp3) is 0.316. The molecule has 0 unspecified atom stereocenters. The van der Waals surface area contributed by atoms with E-state index in [9.17, 15) is 13.2 Å². The predicted molar refractivity (Wildman–Crippen MR) is 108 cm³/mol. The van der Waals surface area contributed by atoms with Gasteiger partial charge in [-0.1, -0.05) is 41.4 Å². The maximum Gasteiger partial charge on any atom is 0.415 e. The van der Waals surface area contributed by atoms with Crippen LogP contribution in [0.1, 0.15) is 12.8 Å². The summed E-state index contributed by atoms with van der Waals surface area (Å²) in [6.07, 6.45) is 0.960.